The van der Waals surface area contributed by atoms with Crippen LogP contribution in [0.15, 0.2) is 28.7 Å². The minimum Gasteiger partial charge on any atom is -0.383 e. The summed E-state index contributed by atoms with van der Waals surface area (Å²) in [6.07, 6.45) is 0. The van der Waals surface area contributed by atoms with E-state index in [1.54, 1.807) is 7.11 Å². The van der Waals surface area contributed by atoms with Crippen LogP contribution in [0.2, 0.25) is 0 Å². The zero-order valence-electron chi connectivity index (χ0n) is 10.00. The van der Waals surface area contributed by atoms with Gasteiger partial charge < -0.3 is 15.4 Å². The Bertz CT molecular complexity index is 354. The minimum atomic E-state index is -0.270. The lowest BCUT2D eigenvalue weighted by molar-refractivity contribution is -0.121. The highest BCUT2D eigenvalue weighted by Crippen LogP contribution is 2.14. The first-order valence-electron chi connectivity index (χ1n) is 5.42. The van der Waals surface area contributed by atoms with Crippen molar-refractivity contribution in [2.24, 2.45) is 0 Å². The second-order valence-corrected chi connectivity index (χ2v) is 4.57. The topological polar surface area (TPSA) is 50.4 Å². The van der Waals surface area contributed by atoms with E-state index < -0.39 is 0 Å². The highest BCUT2D eigenvalue weighted by Gasteiger charge is 2.11. The molecule has 5 heteroatoms. The van der Waals surface area contributed by atoms with Gasteiger partial charge in [-0.3, -0.25) is 4.79 Å². The van der Waals surface area contributed by atoms with Crippen LogP contribution in [0.1, 0.15) is 6.92 Å². The van der Waals surface area contributed by atoms with Gasteiger partial charge in [0.25, 0.3) is 0 Å². The highest BCUT2D eigenvalue weighted by molar-refractivity contribution is 9.10. The lowest BCUT2D eigenvalue weighted by atomic mass is 10.2. The molecule has 0 heterocycles. The van der Waals surface area contributed by atoms with Crippen LogP contribution in [0.3, 0.4) is 0 Å². The molecule has 0 aliphatic rings. The summed E-state index contributed by atoms with van der Waals surface area (Å²) in [7, 11) is 1.61. The molecular formula is C12H17BrN2O2. The van der Waals surface area contributed by atoms with Gasteiger partial charge in [0.2, 0.25) is 5.91 Å². The van der Waals surface area contributed by atoms with Gasteiger partial charge >= 0.3 is 0 Å². The van der Waals surface area contributed by atoms with E-state index in [-0.39, 0.29) is 11.9 Å². The molecule has 94 valence electrons. The van der Waals surface area contributed by atoms with E-state index in [0.29, 0.717) is 13.2 Å². The molecule has 0 fully saturated rings. The summed E-state index contributed by atoms with van der Waals surface area (Å²) in [6.45, 7) is 2.88. The number of carbonyl (C=O) groups is 1. The van der Waals surface area contributed by atoms with Gasteiger partial charge in [-0.1, -0.05) is 15.9 Å². The summed E-state index contributed by atoms with van der Waals surface area (Å²) < 4.78 is 5.88. The Morgan fingerprint density at radius 2 is 2.06 bits per heavy atom. The number of methoxy groups -OCH3 is 1. The predicted molar refractivity (Wildman–Crippen MR) is 72.1 cm³/mol. The summed E-state index contributed by atoms with van der Waals surface area (Å²) in [5.74, 6) is -0.0371. The standard InChI is InChI=1S/C12H17BrN2O2/c1-9(12(16)14-7-8-17-2)15-11-5-3-10(13)4-6-11/h3-6,9,15H,7-8H2,1-2H3,(H,14,16)/t9-/m1/s1. The monoisotopic (exact) mass is 300 g/mol. The van der Waals surface area contributed by atoms with Crippen LogP contribution in [0.5, 0.6) is 0 Å². The van der Waals surface area contributed by atoms with Gasteiger partial charge in [0.1, 0.15) is 6.04 Å². The zero-order chi connectivity index (χ0) is 12.7. The number of nitrogens with one attached hydrogen (secondary N) is 2. The maximum atomic E-state index is 11.7. The van der Waals surface area contributed by atoms with Gasteiger partial charge in [0.15, 0.2) is 0 Å². The summed E-state index contributed by atoms with van der Waals surface area (Å²) in [5.41, 5.74) is 0.919. The molecule has 0 spiro atoms. The van der Waals surface area contributed by atoms with E-state index in [2.05, 4.69) is 26.6 Å². The number of benzene rings is 1. The maximum absolute atomic E-state index is 11.7. The van der Waals surface area contributed by atoms with Gasteiger partial charge in [-0.05, 0) is 31.2 Å². The molecule has 0 saturated carbocycles. The van der Waals surface area contributed by atoms with Gasteiger partial charge in [-0.25, -0.2) is 0 Å². The second kappa shape index (κ2) is 7.29. The molecule has 1 atom stereocenters. The van der Waals surface area contributed by atoms with E-state index in [0.717, 1.165) is 10.2 Å². The van der Waals surface area contributed by atoms with Crippen LogP contribution in [0, 0.1) is 0 Å². The fourth-order valence-corrected chi connectivity index (χ4v) is 1.56. The summed E-state index contributed by atoms with van der Waals surface area (Å²) in [6, 6.07) is 7.43. The number of carbonyl (C=O) groups excluding carboxylic acids is 1. The third-order valence-corrected chi connectivity index (χ3v) is 2.75. The number of hydrogen-bond donors (Lipinski definition) is 2. The predicted octanol–water partition coefficient (Wildman–Crippen LogP) is 2.01. The molecular weight excluding hydrogens is 284 g/mol. The molecule has 17 heavy (non-hydrogen) atoms. The van der Waals surface area contributed by atoms with E-state index >= 15 is 0 Å². The number of anilines is 1. The zero-order valence-corrected chi connectivity index (χ0v) is 11.6. The van der Waals surface area contributed by atoms with Crippen molar-refractivity contribution in [2.75, 3.05) is 25.6 Å². The third-order valence-electron chi connectivity index (χ3n) is 2.23. The van der Waals surface area contributed by atoms with Crippen LogP contribution >= 0.6 is 15.9 Å². The number of ether oxygens (including phenoxy) is 1. The van der Waals surface area contributed by atoms with E-state index in [4.69, 9.17) is 4.74 Å². The number of hydrogen-bond acceptors (Lipinski definition) is 3. The smallest absolute Gasteiger partial charge is 0.242 e. The van der Waals surface area contributed by atoms with Crippen LogP contribution in [0.25, 0.3) is 0 Å². The van der Waals surface area contributed by atoms with Crippen LogP contribution in [-0.4, -0.2) is 32.2 Å². The Morgan fingerprint density at radius 3 is 2.65 bits per heavy atom. The van der Waals surface area contributed by atoms with Crippen molar-refractivity contribution in [3.05, 3.63) is 28.7 Å². The lowest BCUT2D eigenvalue weighted by Gasteiger charge is -2.15. The molecule has 1 aromatic rings. The Balaban J connectivity index is 2.40. The highest BCUT2D eigenvalue weighted by atomic mass is 79.9. The average Bonchev–Trinajstić information content (AvgIpc) is 2.32. The molecule has 0 aliphatic heterocycles. The van der Waals surface area contributed by atoms with Crippen LogP contribution < -0.4 is 10.6 Å². The van der Waals surface area contributed by atoms with Crippen molar-refractivity contribution in [1.82, 2.24) is 5.32 Å². The van der Waals surface area contributed by atoms with Crippen molar-refractivity contribution in [2.45, 2.75) is 13.0 Å². The van der Waals surface area contributed by atoms with Crippen LogP contribution in [-0.2, 0) is 9.53 Å². The first kappa shape index (κ1) is 14.0. The molecule has 1 aromatic carbocycles. The Hall–Kier alpha value is -1.07. The Morgan fingerprint density at radius 1 is 1.41 bits per heavy atom. The average molecular weight is 301 g/mol. The van der Waals surface area contributed by atoms with E-state index in [1.165, 1.54) is 0 Å². The normalized spacial score (nSPS) is 11.9. The van der Waals surface area contributed by atoms with Crippen molar-refractivity contribution in [3.8, 4) is 0 Å². The van der Waals surface area contributed by atoms with Gasteiger partial charge in [-0.2, -0.15) is 0 Å². The van der Waals surface area contributed by atoms with Gasteiger partial charge in [0.05, 0.1) is 6.61 Å². The minimum absolute atomic E-state index is 0.0371. The van der Waals surface area contributed by atoms with E-state index in [9.17, 15) is 4.79 Å². The summed E-state index contributed by atoms with van der Waals surface area (Å²) in [4.78, 5) is 11.7. The summed E-state index contributed by atoms with van der Waals surface area (Å²) >= 11 is 3.36. The number of amides is 1. The van der Waals surface area contributed by atoms with Crippen molar-refractivity contribution in [3.63, 3.8) is 0 Å². The SMILES string of the molecule is COCCNC(=O)[C@@H](C)Nc1ccc(Br)cc1. The summed E-state index contributed by atoms with van der Waals surface area (Å²) in [5, 5.41) is 5.90. The molecule has 1 amide bonds. The van der Waals surface area contributed by atoms with E-state index in [1.807, 2.05) is 31.2 Å². The van der Waals surface area contributed by atoms with Crippen LogP contribution in [0.4, 0.5) is 5.69 Å². The molecule has 0 aromatic heterocycles. The van der Waals surface area contributed by atoms with Crippen molar-refractivity contribution < 1.29 is 9.53 Å². The molecule has 0 radical (unpaired) electrons. The van der Waals surface area contributed by atoms with Crippen molar-refractivity contribution >= 4 is 27.5 Å². The molecule has 0 aliphatic carbocycles. The fraction of sp³-hybridized carbons (Fsp3) is 0.417. The first-order chi connectivity index (χ1) is 8.13. The number of rotatable bonds is 6. The lowest BCUT2D eigenvalue weighted by Crippen LogP contribution is -2.39. The molecule has 0 bridgehead atoms. The molecule has 4 nitrogen and oxygen atoms in total. The van der Waals surface area contributed by atoms with Gasteiger partial charge in [-0.15, -0.1) is 0 Å². The molecule has 0 saturated heterocycles. The van der Waals surface area contributed by atoms with Crippen molar-refractivity contribution in [1.29, 1.82) is 0 Å². The Labute approximate surface area is 110 Å². The molecule has 2 N–H and O–H groups in total. The number of halogens is 1. The quantitative estimate of drug-likeness (QED) is 0.790. The molecule has 0 unspecified atom stereocenters. The third kappa shape index (κ3) is 5.19. The first-order valence-corrected chi connectivity index (χ1v) is 6.21. The van der Waals surface area contributed by atoms with Gasteiger partial charge in [0, 0.05) is 23.8 Å². The Kier molecular flexibility index (Phi) is 6.00. The largest absolute Gasteiger partial charge is 0.383 e. The fourth-order valence-electron chi connectivity index (χ4n) is 1.29. The second-order valence-electron chi connectivity index (χ2n) is 3.66. The molecule has 1 rings (SSSR count). The maximum Gasteiger partial charge on any atom is 0.242 e.